The van der Waals surface area contributed by atoms with Crippen LogP contribution in [0.15, 0.2) is 24.3 Å². The molecule has 0 aliphatic heterocycles. The average molecular weight is 189 g/mol. The summed E-state index contributed by atoms with van der Waals surface area (Å²) < 4.78 is 0. The number of fused-ring (bicyclic) bond motifs is 1. The summed E-state index contributed by atoms with van der Waals surface area (Å²) in [5, 5.41) is 0. The van der Waals surface area contributed by atoms with Crippen molar-refractivity contribution in [2.75, 3.05) is 6.54 Å². The smallest absolute Gasteiger partial charge is 0.000791 e. The van der Waals surface area contributed by atoms with Crippen LogP contribution in [0, 0.1) is 5.92 Å². The fourth-order valence-electron chi connectivity index (χ4n) is 2.64. The SMILES string of the molecule is CC(C)[C@H]1C[C@@H](CN)c2ccccc21. The molecule has 0 heterocycles. The van der Waals surface area contributed by atoms with Crippen molar-refractivity contribution in [3.63, 3.8) is 0 Å². The Morgan fingerprint density at radius 1 is 1.29 bits per heavy atom. The third-order valence-electron chi connectivity index (χ3n) is 3.46. The maximum Gasteiger partial charge on any atom is -0.000791 e. The highest BCUT2D eigenvalue weighted by Crippen LogP contribution is 2.44. The largest absolute Gasteiger partial charge is 0.330 e. The van der Waals surface area contributed by atoms with E-state index in [1.807, 2.05) is 0 Å². The van der Waals surface area contributed by atoms with E-state index in [-0.39, 0.29) is 0 Å². The second kappa shape index (κ2) is 3.74. The van der Waals surface area contributed by atoms with Gasteiger partial charge in [0.1, 0.15) is 0 Å². The van der Waals surface area contributed by atoms with Gasteiger partial charge >= 0.3 is 0 Å². The molecule has 14 heavy (non-hydrogen) atoms. The monoisotopic (exact) mass is 189 g/mol. The van der Waals surface area contributed by atoms with E-state index in [1.165, 1.54) is 17.5 Å². The Bertz CT molecular complexity index is 317. The van der Waals surface area contributed by atoms with E-state index in [0.717, 1.165) is 18.4 Å². The summed E-state index contributed by atoms with van der Waals surface area (Å²) in [6, 6.07) is 8.79. The first-order valence-electron chi connectivity index (χ1n) is 5.53. The summed E-state index contributed by atoms with van der Waals surface area (Å²) in [4.78, 5) is 0. The predicted octanol–water partition coefficient (Wildman–Crippen LogP) is 2.87. The van der Waals surface area contributed by atoms with Gasteiger partial charge in [0.05, 0.1) is 0 Å². The summed E-state index contributed by atoms with van der Waals surface area (Å²) in [7, 11) is 0. The van der Waals surface area contributed by atoms with Crippen LogP contribution in [0.4, 0.5) is 0 Å². The molecule has 1 aromatic carbocycles. The molecule has 0 bridgehead atoms. The Balaban J connectivity index is 2.38. The molecule has 0 aromatic heterocycles. The molecular formula is C13H19N. The van der Waals surface area contributed by atoms with Gasteiger partial charge in [0.15, 0.2) is 0 Å². The van der Waals surface area contributed by atoms with Crippen molar-refractivity contribution in [1.82, 2.24) is 0 Å². The Morgan fingerprint density at radius 2 is 1.93 bits per heavy atom. The molecule has 0 saturated heterocycles. The fourth-order valence-corrected chi connectivity index (χ4v) is 2.64. The van der Waals surface area contributed by atoms with E-state index in [2.05, 4.69) is 38.1 Å². The lowest BCUT2D eigenvalue weighted by Crippen LogP contribution is -2.10. The van der Waals surface area contributed by atoms with E-state index in [9.17, 15) is 0 Å². The molecule has 0 amide bonds. The number of benzene rings is 1. The molecule has 1 heteroatoms. The fraction of sp³-hybridized carbons (Fsp3) is 0.538. The van der Waals surface area contributed by atoms with Gasteiger partial charge in [-0.3, -0.25) is 0 Å². The molecule has 2 N–H and O–H groups in total. The number of hydrogen-bond acceptors (Lipinski definition) is 1. The highest BCUT2D eigenvalue weighted by atomic mass is 14.6. The van der Waals surface area contributed by atoms with Crippen LogP contribution in [0.25, 0.3) is 0 Å². The summed E-state index contributed by atoms with van der Waals surface area (Å²) in [5.74, 6) is 2.05. The third-order valence-corrected chi connectivity index (χ3v) is 3.46. The third kappa shape index (κ3) is 1.46. The quantitative estimate of drug-likeness (QED) is 0.760. The second-order valence-electron chi connectivity index (χ2n) is 4.65. The Morgan fingerprint density at radius 3 is 2.50 bits per heavy atom. The van der Waals surface area contributed by atoms with E-state index in [1.54, 1.807) is 0 Å². The molecule has 0 spiro atoms. The van der Waals surface area contributed by atoms with Crippen LogP contribution in [0.5, 0.6) is 0 Å². The van der Waals surface area contributed by atoms with Gasteiger partial charge in [0.2, 0.25) is 0 Å². The molecule has 2 rings (SSSR count). The van der Waals surface area contributed by atoms with Gasteiger partial charge in [0.25, 0.3) is 0 Å². The summed E-state index contributed by atoms with van der Waals surface area (Å²) in [5.41, 5.74) is 8.84. The molecular weight excluding hydrogens is 170 g/mol. The minimum atomic E-state index is 0.596. The second-order valence-corrected chi connectivity index (χ2v) is 4.65. The van der Waals surface area contributed by atoms with Crippen LogP contribution in [0.2, 0.25) is 0 Å². The summed E-state index contributed by atoms with van der Waals surface area (Å²) in [6.45, 7) is 5.40. The van der Waals surface area contributed by atoms with Gasteiger partial charge in [-0.1, -0.05) is 38.1 Å². The molecule has 0 fully saturated rings. The van der Waals surface area contributed by atoms with Gasteiger partial charge in [-0.2, -0.15) is 0 Å². The Hall–Kier alpha value is -0.820. The zero-order valence-corrected chi connectivity index (χ0v) is 9.03. The van der Waals surface area contributed by atoms with Gasteiger partial charge in [-0.15, -0.1) is 0 Å². The highest BCUT2D eigenvalue weighted by molar-refractivity contribution is 5.38. The molecule has 0 saturated carbocycles. The Labute approximate surface area is 86.3 Å². The van der Waals surface area contributed by atoms with Crippen LogP contribution in [-0.2, 0) is 0 Å². The average Bonchev–Trinajstić information content (AvgIpc) is 2.56. The van der Waals surface area contributed by atoms with Gasteiger partial charge in [-0.05, 0) is 41.8 Å². The van der Waals surface area contributed by atoms with Crippen molar-refractivity contribution in [3.05, 3.63) is 35.4 Å². The maximum atomic E-state index is 5.81. The van der Waals surface area contributed by atoms with Crippen molar-refractivity contribution < 1.29 is 0 Å². The van der Waals surface area contributed by atoms with E-state index in [4.69, 9.17) is 5.73 Å². The lowest BCUT2D eigenvalue weighted by Gasteiger charge is -2.15. The Kier molecular flexibility index (Phi) is 2.60. The van der Waals surface area contributed by atoms with E-state index in [0.29, 0.717) is 5.92 Å². The van der Waals surface area contributed by atoms with E-state index >= 15 is 0 Å². The first kappa shape index (κ1) is 9.72. The topological polar surface area (TPSA) is 26.0 Å². The zero-order valence-electron chi connectivity index (χ0n) is 9.03. The lowest BCUT2D eigenvalue weighted by atomic mass is 9.90. The van der Waals surface area contributed by atoms with Crippen molar-refractivity contribution in [3.8, 4) is 0 Å². The summed E-state index contributed by atoms with van der Waals surface area (Å²) in [6.07, 6.45) is 1.24. The van der Waals surface area contributed by atoms with Gasteiger partial charge in [0, 0.05) is 0 Å². The first-order chi connectivity index (χ1) is 6.74. The normalized spacial score (nSPS) is 25.4. The van der Waals surface area contributed by atoms with Crippen LogP contribution < -0.4 is 5.73 Å². The molecule has 1 nitrogen and oxygen atoms in total. The highest BCUT2D eigenvalue weighted by Gasteiger charge is 2.31. The van der Waals surface area contributed by atoms with Crippen LogP contribution >= 0.6 is 0 Å². The molecule has 76 valence electrons. The molecule has 0 unspecified atom stereocenters. The van der Waals surface area contributed by atoms with Crippen molar-refractivity contribution in [1.29, 1.82) is 0 Å². The van der Waals surface area contributed by atoms with Crippen molar-refractivity contribution in [2.45, 2.75) is 32.1 Å². The van der Waals surface area contributed by atoms with Gasteiger partial charge in [-0.25, -0.2) is 0 Å². The van der Waals surface area contributed by atoms with Crippen LogP contribution in [0.3, 0.4) is 0 Å². The first-order valence-corrected chi connectivity index (χ1v) is 5.53. The molecule has 1 aliphatic rings. The molecule has 0 radical (unpaired) electrons. The number of rotatable bonds is 2. The summed E-state index contributed by atoms with van der Waals surface area (Å²) >= 11 is 0. The van der Waals surface area contributed by atoms with Crippen molar-refractivity contribution >= 4 is 0 Å². The van der Waals surface area contributed by atoms with Crippen LogP contribution in [0.1, 0.15) is 43.2 Å². The van der Waals surface area contributed by atoms with E-state index < -0.39 is 0 Å². The minimum absolute atomic E-state index is 0.596. The van der Waals surface area contributed by atoms with Crippen molar-refractivity contribution in [2.24, 2.45) is 11.7 Å². The lowest BCUT2D eigenvalue weighted by molar-refractivity contribution is 0.468. The number of hydrogen-bond donors (Lipinski definition) is 1. The van der Waals surface area contributed by atoms with Gasteiger partial charge < -0.3 is 5.73 Å². The molecule has 1 aromatic rings. The zero-order chi connectivity index (χ0) is 10.1. The molecule has 1 aliphatic carbocycles. The number of nitrogens with two attached hydrogens (primary N) is 1. The van der Waals surface area contributed by atoms with Crippen LogP contribution in [-0.4, -0.2) is 6.54 Å². The predicted molar refractivity (Wildman–Crippen MR) is 60.4 cm³/mol. The standard InChI is InChI=1S/C13H19N/c1-9(2)13-7-10(8-14)11-5-3-4-6-12(11)13/h3-6,9-10,13H,7-8,14H2,1-2H3/t10-,13+/m0/s1. The minimum Gasteiger partial charge on any atom is -0.330 e. The molecule has 2 atom stereocenters. The maximum absolute atomic E-state index is 5.81.